The zero-order valence-corrected chi connectivity index (χ0v) is 17.8. The molecule has 10 heteroatoms. The molecule has 4 atom stereocenters. The lowest BCUT2D eigenvalue weighted by molar-refractivity contribution is -0.155. The fourth-order valence-corrected chi connectivity index (χ4v) is 3.89. The molecule has 3 heterocycles. The van der Waals surface area contributed by atoms with E-state index in [-0.39, 0.29) is 18.2 Å². The molecule has 2 saturated heterocycles. The van der Waals surface area contributed by atoms with Gasteiger partial charge in [0.25, 0.3) is 5.91 Å². The number of carbonyl (C=O) groups is 4. The second-order valence-corrected chi connectivity index (χ2v) is 8.22. The molecule has 0 spiro atoms. The van der Waals surface area contributed by atoms with Gasteiger partial charge in [-0.2, -0.15) is 0 Å². The van der Waals surface area contributed by atoms with Gasteiger partial charge in [0.05, 0.1) is 12.0 Å². The Kier molecular flexibility index (Phi) is 6.89. The highest BCUT2D eigenvalue weighted by Gasteiger charge is 2.41. The van der Waals surface area contributed by atoms with Crippen LogP contribution in [0.5, 0.6) is 0 Å². The summed E-state index contributed by atoms with van der Waals surface area (Å²) >= 11 is 0. The van der Waals surface area contributed by atoms with Crippen molar-refractivity contribution >= 4 is 23.7 Å². The third-order valence-corrected chi connectivity index (χ3v) is 5.62. The van der Waals surface area contributed by atoms with E-state index in [0.29, 0.717) is 30.6 Å². The first kappa shape index (κ1) is 22.7. The van der Waals surface area contributed by atoms with Crippen molar-refractivity contribution in [3.05, 3.63) is 29.6 Å². The summed E-state index contributed by atoms with van der Waals surface area (Å²) in [6, 6.07) is 0.894. The van der Waals surface area contributed by atoms with Crippen LogP contribution in [-0.4, -0.2) is 69.6 Å². The number of aliphatic hydroxyl groups is 1. The van der Waals surface area contributed by atoms with Gasteiger partial charge in [-0.3, -0.25) is 24.2 Å². The summed E-state index contributed by atoms with van der Waals surface area (Å²) in [5, 5.41) is 15.1. The van der Waals surface area contributed by atoms with E-state index in [9.17, 15) is 24.3 Å². The van der Waals surface area contributed by atoms with E-state index < -0.39 is 42.2 Å². The molecule has 1 aromatic heterocycles. The summed E-state index contributed by atoms with van der Waals surface area (Å²) in [5.74, 6) is -2.00. The Morgan fingerprint density at radius 3 is 2.68 bits per heavy atom. The Morgan fingerprint density at radius 2 is 2.06 bits per heavy atom. The maximum absolute atomic E-state index is 13.3. The van der Waals surface area contributed by atoms with Gasteiger partial charge in [-0.25, -0.2) is 0 Å². The minimum Gasteiger partial charge on any atom is -0.434 e. The minimum atomic E-state index is -1.40. The lowest BCUT2D eigenvalue weighted by Gasteiger charge is -2.31. The fourth-order valence-electron chi connectivity index (χ4n) is 3.89. The van der Waals surface area contributed by atoms with Gasteiger partial charge in [0.15, 0.2) is 0 Å². The minimum absolute atomic E-state index is 0.122. The number of amides is 3. The lowest BCUT2D eigenvalue weighted by atomic mass is 10.0. The van der Waals surface area contributed by atoms with Crippen molar-refractivity contribution in [1.29, 1.82) is 0 Å². The molecule has 0 radical (unpaired) electrons. The number of cyclic esters (lactones) is 1. The van der Waals surface area contributed by atoms with Crippen LogP contribution in [0.2, 0.25) is 0 Å². The molecule has 0 aliphatic carbocycles. The van der Waals surface area contributed by atoms with Crippen LogP contribution >= 0.6 is 0 Å². The molecule has 2 fully saturated rings. The maximum atomic E-state index is 13.3. The summed E-state index contributed by atoms with van der Waals surface area (Å²) in [7, 11) is 0. The second-order valence-electron chi connectivity index (χ2n) is 8.22. The third kappa shape index (κ3) is 5.01. The largest absolute Gasteiger partial charge is 0.434 e. The van der Waals surface area contributed by atoms with Crippen molar-refractivity contribution in [2.24, 2.45) is 5.92 Å². The number of aliphatic hydroxyl groups excluding tert-OH is 1. The Hall–Kier alpha value is -3.01. The van der Waals surface area contributed by atoms with Crippen molar-refractivity contribution < 1.29 is 29.0 Å². The van der Waals surface area contributed by atoms with E-state index in [0.717, 1.165) is 0 Å². The summed E-state index contributed by atoms with van der Waals surface area (Å²) in [4.78, 5) is 55.7. The van der Waals surface area contributed by atoms with Crippen molar-refractivity contribution in [2.75, 3.05) is 6.54 Å². The molecule has 0 aromatic carbocycles. The predicted octanol–water partition coefficient (Wildman–Crippen LogP) is -0.114. The summed E-state index contributed by atoms with van der Waals surface area (Å²) in [6.07, 6.45) is 1.16. The molecule has 3 N–H and O–H groups in total. The Morgan fingerprint density at radius 1 is 1.32 bits per heavy atom. The van der Waals surface area contributed by atoms with Crippen LogP contribution in [0.1, 0.15) is 49.2 Å². The number of nitrogens with zero attached hydrogens (tertiary/aromatic N) is 2. The number of hydrogen-bond acceptors (Lipinski definition) is 7. The Bertz CT molecular complexity index is 873. The van der Waals surface area contributed by atoms with Gasteiger partial charge in [0.1, 0.15) is 18.1 Å². The molecule has 1 aromatic rings. The number of hydrogen-bond donors (Lipinski definition) is 3. The molecule has 3 rings (SSSR count). The van der Waals surface area contributed by atoms with Gasteiger partial charge in [-0.1, -0.05) is 13.8 Å². The maximum Gasteiger partial charge on any atom is 0.310 e. The average molecular weight is 432 g/mol. The van der Waals surface area contributed by atoms with Gasteiger partial charge in [0.2, 0.25) is 18.1 Å². The van der Waals surface area contributed by atoms with Gasteiger partial charge in [-0.05, 0) is 37.8 Å². The number of aromatic nitrogens is 1. The molecule has 0 bridgehead atoms. The van der Waals surface area contributed by atoms with Crippen LogP contribution in [0, 0.1) is 12.8 Å². The molecule has 3 amide bonds. The van der Waals surface area contributed by atoms with Crippen molar-refractivity contribution in [1.82, 2.24) is 20.5 Å². The zero-order chi connectivity index (χ0) is 22.7. The first-order valence-corrected chi connectivity index (χ1v) is 10.4. The van der Waals surface area contributed by atoms with Crippen LogP contribution in [0.15, 0.2) is 18.3 Å². The quantitative estimate of drug-likeness (QED) is 0.533. The van der Waals surface area contributed by atoms with Crippen LogP contribution in [0.25, 0.3) is 0 Å². The molecule has 10 nitrogen and oxygen atoms in total. The SMILES string of the molecule is Cc1ncccc1C(=O)N[C@H](C(=O)N1CCC[C@H]1C(=O)N[C@H]1CC(=O)O[C@H]1O)C(C)C. The van der Waals surface area contributed by atoms with Crippen molar-refractivity contribution in [3.63, 3.8) is 0 Å². The highest BCUT2D eigenvalue weighted by Crippen LogP contribution is 2.22. The predicted molar refractivity (Wildman–Crippen MR) is 108 cm³/mol. The molecule has 2 aliphatic rings. The number of ether oxygens (including phenoxy) is 1. The Balaban J connectivity index is 1.70. The normalized spacial score (nSPS) is 24.1. The first-order valence-electron chi connectivity index (χ1n) is 10.4. The van der Waals surface area contributed by atoms with E-state index in [4.69, 9.17) is 0 Å². The number of carbonyl (C=O) groups excluding carboxylic acids is 4. The van der Waals surface area contributed by atoms with E-state index in [1.807, 2.05) is 13.8 Å². The monoisotopic (exact) mass is 432 g/mol. The number of likely N-dealkylation sites (tertiary alicyclic amines) is 1. The van der Waals surface area contributed by atoms with Crippen molar-refractivity contribution in [2.45, 2.75) is 64.4 Å². The number of esters is 1. The lowest BCUT2D eigenvalue weighted by Crippen LogP contribution is -2.56. The van der Waals surface area contributed by atoms with Gasteiger partial charge >= 0.3 is 5.97 Å². The van der Waals surface area contributed by atoms with E-state index in [1.165, 1.54) is 4.90 Å². The van der Waals surface area contributed by atoms with Crippen LogP contribution in [0.3, 0.4) is 0 Å². The van der Waals surface area contributed by atoms with E-state index in [1.54, 1.807) is 25.3 Å². The molecule has 168 valence electrons. The molecule has 0 unspecified atom stereocenters. The molecule has 0 saturated carbocycles. The first-order chi connectivity index (χ1) is 14.7. The highest BCUT2D eigenvalue weighted by atomic mass is 16.6. The number of rotatable bonds is 6. The number of nitrogens with one attached hydrogen (secondary N) is 2. The zero-order valence-electron chi connectivity index (χ0n) is 17.8. The Labute approximate surface area is 180 Å². The van der Waals surface area contributed by atoms with Gasteiger partial charge in [-0.15, -0.1) is 0 Å². The summed E-state index contributed by atoms with van der Waals surface area (Å²) in [6.45, 7) is 5.74. The number of aryl methyl sites for hydroxylation is 1. The molecule has 2 aliphatic heterocycles. The highest BCUT2D eigenvalue weighted by molar-refractivity contribution is 5.99. The van der Waals surface area contributed by atoms with Gasteiger partial charge in [0, 0.05) is 18.4 Å². The van der Waals surface area contributed by atoms with Gasteiger partial charge < -0.3 is 25.4 Å². The smallest absolute Gasteiger partial charge is 0.310 e. The molecular formula is C21H28N4O6. The van der Waals surface area contributed by atoms with E-state index >= 15 is 0 Å². The third-order valence-electron chi connectivity index (χ3n) is 5.62. The summed E-state index contributed by atoms with van der Waals surface area (Å²) in [5.41, 5.74) is 0.942. The molecule has 31 heavy (non-hydrogen) atoms. The topological polar surface area (TPSA) is 138 Å². The summed E-state index contributed by atoms with van der Waals surface area (Å²) < 4.78 is 4.65. The number of pyridine rings is 1. The van der Waals surface area contributed by atoms with Crippen molar-refractivity contribution in [3.8, 4) is 0 Å². The molecular weight excluding hydrogens is 404 g/mol. The fraction of sp³-hybridized carbons (Fsp3) is 0.571. The van der Waals surface area contributed by atoms with Crippen LogP contribution in [-0.2, 0) is 19.1 Å². The van der Waals surface area contributed by atoms with E-state index in [2.05, 4.69) is 20.4 Å². The average Bonchev–Trinajstić information content (AvgIpc) is 3.32. The standard InChI is InChI=1S/C21H28N4O6/c1-11(2)17(24-18(27)13-6-4-8-22-12(13)3)20(29)25-9-5-7-15(25)19(28)23-14-10-16(26)31-21(14)30/h4,6,8,11,14-15,17,21,30H,5,7,9-10H2,1-3H3,(H,23,28)(H,24,27)/t14-,15-,17-,21+/m0/s1. The second kappa shape index (κ2) is 9.42. The van der Waals surface area contributed by atoms with Crippen LogP contribution in [0.4, 0.5) is 0 Å². The van der Waals surface area contributed by atoms with Crippen LogP contribution < -0.4 is 10.6 Å².